The fourth-order valence-electron chi connectivity index (χ4n) is 3.01. The molecule has 3 nitrogen and oxygen atoms in total. The highest BCUT2D eigenvalue weighted by atomic mass is 15.2. The summed E-state index contributed by atoms with van der Waals surface area (Å²) in [6.45, 7) is 6.47. The van der Waals surface area contributed by atoms with Crippen molar-refractivity contribution in [2.75, 3.05) is 5.73 Å². The van der Waals surface area contributed by atoms with Crippen LogP contribution in [0.4, 0.5) is 5.82 Å². The summed E-state index contributed by atoms with van der Waals surface area (Å²) in [4.78, 5) is 4.89. The third-order valence-electron chi connectivity index (χ3n) is 4.12. The molecule has 3 heteroatoms. The molecular weight excluding hydrogens is 246 g/mol. The Morgan fingerprint density at radius 2 is 1.90 bits per heavy atom. The van der Waals surface area contributed by atoms with Crippen LogP contribution in [0.25, 0.3) is 11.3 Å². The first-order valence-electron chi connectivity index (χ1n) is 7.56. The highest BCUT2D eigenvalue weighted by molar-refractivity contribution is 5.76. The molecule has 2 aromatic rings. The van der Waals surface area contributed by atoms with Gasteiger partial charge >= 0.3 is 0 Å². The molecule has 0 radical (unpaired) electrons. The first kappa shape index (κ1) is 13.2. The Morgan fingerprint density at radius 1 is 1.25 bits per heavy atom. The first-order chi connectivity index (χ1) is 9.63. The summed E-state index contributed by atoms with van der Waals surface area (Å²) in [7, 11) is 0. The smallest absolute Gasteiger partial charge is 0.132 e. The Morgan fingerprint density at radius 3 is 2.45 bits per heavy atom. The van der Waals surface area contributed by atoms with E-state index in [2.05, 4.69) is 43.5 Å². The second-order valence-corrected chi connectivity index (χ2v) is 5.88. The minimum atomic E-state index is 0.585. The molecule has 3 rings (SSSR count). The van der Waals surface area contributed by atoms with Crippen LogP contribution in [0.5, 0.6) is 0 Å². The van der Waals surface area contributed by atoms with Gasteiger partial charge in [0, 0.05) is 18.0 Å². The fraction of sp³-hybridized carbons (Fsp3) is 0.471. The molecule has 1 saturated carbocycles. The number of imidazole rings is 1. The van der Waals surface area contributed by atoms with Crippen LogP contribution >= 0.6 is 0 Å². The number of hydrogen-bond donors (Lipinski definition) is 1. The Labute approximate surface area is 120 Å². The van der Waals surface area contributed by atoms with Crippen molar-refractivity contribution in [3.05, 3.63) is 35.2 Å². The highest BCUT2D eigenvalue weighted by Crippen LogP contribution is 2.42. The SMILES string of the molecule is CCCc1nc(-c2c(C)cccc2C)c(N)n1C1CC1. The van der Waals surface area contributed by atoms with E-state index in [0.717, 1.165) is 30.2 Å². The van der Waals surface area contributed by atoms with Crippen molar-refractivity contribution in [3.63, 3.8) is 0 Å². The van der Waals surface area contributed by atoms with E-state index in [-0.39, 0.29) is 0 Å². The molecule has 2 N–H and O–H groups in total. The standard InChI is InChI=1S/C17H23N3/c1-4-6-14-19-16(17(18)20(14)13-9-10-13)15-11(2)7-5-8-12(15)3/h5,7-8,13H,4,6,9-10,18H2,1-3H3. The lowest BCUT2D eigenvalue weighted by atomic mass is 10.0. The number of nitrogen functional groups attached to an aromatic ring is 1. The monoisotopic (exact) mass is 269 g/mol. The van der Waals surface area contributed by atoms with Gasteiger partial charge < -0.3 is 10.3 Å². The minimum Gasteiger partial charge on any atom is -0.383 e. The predicted octanol–water partition coefficient (Wildman–Crippen LogP) is 4.04. The second-order valence-electron chi connectivity index (χ2n) is 5.88. The average Bonchev–Trinajstić information content (AvgIpc) is 3.17. The molecule has 1 aliphatic carbocycles. The topological polar surface area (TPSA) is 43.8 Å². The van der Waals surface area contributed by atoms with Gasteiger partial charge in [-0.1, -0.05) is 25.1 Å². The minimum absolute atomic E-state index is 0.585. The van der Waals surface area contributed by atoms with Gasteiger partial charge in [0.25, 0.3) is 0 Å². The van der Waals surface area contributed by atoms with E-state index >= 15 is 0 Å². The summed E-state index contributed by atoms with van der Waals surface area (Å²) in [6, 6.07) is 6.95. The van der Waals surface area contributed by atoms with Gasteiger partial charge in [0.15, 0.2) is 0 Å². The largest absolute Gasteiger partial charge is 0.383 e. The summed E-state index contributed by atoms with van der Waals surface area (Å²) in [6.07, 6.45) is 4.59. The maximum absolute atomic E-state index is 6.45. The fourth-order valence-corrected chi connectivity index (χ4v) is 3.01. The Kier molecular flexibility index (Phi) is 3.28. The molecule has 1 aliphatic rings. The molecule has 0 spiro atoms. The van der Waals surface area contributed by atoms with Crippen molar-refractivity contribution >= 4 is 5.82 Å². The van der Waals surface area contributed by atoms with E-state index in [0.29, 0.717) is 6.04 Å². The lowest BCUT2D eigenvalue weighted by molar-refractivity contribution is 0.676. The van der Waals surface area contributed by atoms with Crippen molar-refractivity contribution < 1.29 is 0 Å². The van der Waals surface area contributed by atoms with Gasteiger partial charge in [0.05, 0.1) is 0 Å². The molecule has 0 bridgehead atoms. The predicted molar refractivity (Wildman–Crippen MR) is 83.8 cm³/mol. The molecule has 0 unspecified atom stereocenters. The highest BCUT2D eigenvalue weighted by Gasteiger charge is 2.30. The number of rotatable bonds is 4. The number of benzene rings is 1. The Bertz CT molecular complexity index is 616. The number of anilines is 1. The molecule has 1 aromatic heterocycles. The van der Waals surface area contributed by atoms with Crippen molar-refractivity contribution in [3.8, 4) is 11.3 Å². The summed E-state index contributed by atoms with van der Waals surface area (Å²) in [5, 5.41) is 0. The molecule has 0 saturated heterocycles. The van der Waals surface area contributed by atoms with Gasteiger partial charge in [0.2, 0.25) is 0 Å². The lowest BCUT2D eigenvalue weighted by Gasteiger charge is -2.09. The molecule has 1 fully saturated rings. The van der Waals surface area contributed by atoms with Crippen LogP contribution in [-0.4, -0.2) is 9.55 Å². The summed E-state index contributed by atoms with van der Waals surface area (Å²) >= 11 is 0. The number of nitrogens with zero attached hydrogens (tertiary/aromatic N) is 2. The van der Waals surface area contributed by atoms with E-state index in [4.69, 9.17) is 10.7 Å². The average molecular weight is 269 g/mol. The van der Waals surface area contributed by atoms with Gasteiger partial charge in [-0.25, -0.2) is 4.98 Å². The molecule has 0 aliphatic heterocycles. The number of hydrogen-bond acceptors (Lipinski definition) is 2. The third-order valence-corrected chi connectivity index (χ3v) is 4.12. The van der Waals surface area contributed by atoms with E-state index in [9.17, 15) is 0 Å². The quantitative estimate of drug-likeness (QED) is 0.910. The second kappa shape index (κ2) is 4.97. The molecule has 1 heterocycles. The van der Waals surface area contributed by atoms with Crippen molar-refractivity contribution in [2.45, 2.75) is 52.5 Å². The Hall–Kier alpha value is -1.77. The maximum atomic E-state index is 6.45. The van der Waals surface area contributed by atoms with Crippen LogP contribution in [0, 0.1) is 13.8 Å². The zero-order valence-corrected chi connectivity index (χ0v) is 12.6. The molecule has 20 heavy (non-hydrogen) atoms. The molecule has 0 atom stereocenters. The summed E-state index contributed by atoms with van der Waals surface area (Å²) < 4.78 is 2.28. The molecule has 106 valence electrons. The van der Waals surface area contributed by atoms with E-state index in [1.165, 1.54) is 29.5 Å². The Balaban J connectivity index is 2.17. The number of aryl methyl sites for hydroxylation is 3. The van der Waals surface area contributed by atoms with E-state index in [1.807, 2.05) is 0 Å². The van der Waals surface area contributed by atoms with Crippen LogP contribution in [0.15, 0.2) is 18.2 Å². The zero-order chi connectivity index (χ0) is 14.3. The van der Waals surface area contributed by atoms with Gasteiger partial charge in [0.1, 0.15) is 17.3 Å². The van der Waals surface area contributed by atoms with Gasteiger partial charge in [-0.15, -0.1) is 0 Å². The lowest BCUT2D eigenvalue weighted by Crippen LogP contribution is -2.05. The van der Waals surface area contributed by atoms with E-state index < -0.39 is 0 Å². The van der Waals surface area contributed by atoms with Crippen LogP contribution in [0.1, 0.15) is 49.2 Å². The zero-order valence-electron chi connectivity index (χ0n) is 12.6. The number of nitrogens with two attached hydrogens (primary N) is 1. The van der Waals surface area contributed by atoms with Gasteiger partial charge in [-0.3, -0.25) is 0 Å². The van der Waals surface area contributed by atoms with E-state index in [1.54, 1.807) is 0 Å². The van der Waals surface area contributed by atoms with Crippen LogP contribution < -0.4 is 5.73 Å². The van der Waals surface area contributed by atoms with Gasteiger partial charge in [-0.05, 0) is 44.2 Å². The molecule has 0 amide bonds. The number of aromatic nitrogens is 2. The van der Waals surface area contributed by atoms with Crippen LogP contribution in [-0.2, 0) is 6.42 Å². The third kappa shape index (κ3) is 2.11. The van der Waals surface area contributed by atoms with Crippen molar-refractivity contribution in [1.29, 1.82) is 0 Å². The molecular formula is C17H23N3. The first-order valence-corrected chi connectivity index (χ1v) is 7.56. The van der Waals surface area contributed by atoms with Crippen molar-refractivity contribution in [1.82, 2.24) is 9.55 Å². The van der Waals surface area contributed by atoms with Crippen molar-refractivity contribution in [2.24, 2.45) is 0 Å². The maximum Gasteiger partial charge on any atom is 0.132 e. The van der Waals surface area contributed by atoms with Gasteiger partial charge in [-0.2, -0.15) is 0 Å². The van der Waals surface area contributed by atoms with Crippen LogP contribution in [0.3, 0.4) is 0 Å². The van der Waals surface area contributed by atoms with Crippen LogP contribution in [0.2, 0.25) is 0 Å². The molecule has 1 aromatic carbocycles. The normalized spacial score (nSPS) is 14.8. The summed E-state index contributed by atoms with van der Waals surface area (Å²) in [5.41, 5.74) is 11.1. The summed E-state index contributed by atoms with van der Waals surface area (Å²) in [5.74, 6) is 2.01.